The fraction of sp³-hybridized carbons (Fsp3) is 0.583. The predicted octanol–water partition coefficient (Wildman–Crippen LogP) is 2.35. The first-order valence-corrected chi connectivity index (χ1v) is 7.17. The highest BCUT2D eigenvalue weighted by Gasteiger charge is 2.18. The van der Waals surface area contributed by atoms with E-state index in [1.807, 2.05) is 0 Å². The lowest BCUT2D eigenvalue weighted by Gasteiger charge is -2.21. The van der Waals surface area contributed by atoms with E-state index >= 15 is 0 Å². The lowest BCUT2D eigenvalue weighted by atomic mass is 9.91. The van der Waals surface area contributed by atoms with Crippen molar-refractivity contribution in [3.05, 3.63) is 18.5 Å². The van der Waals surface area contributed by atoms with E-state index in [4.69, 9.17) is 5.73 Å². The molecule has 0 amide bonds. The number of pyridine rings is 1. The minimum atomic E-state index is -0.958. The van der Waals surface area contributed by atoms with Gasteiger partial charge in [-0.15, -0.1) is 0 Å². The van der Waals surface area contributed by atoms with E-state index in [0.717, 1.165) is 10.6 Å². The molecule has 1 atom stereocenters. The molecular weight excluding hydrogens is 220 g/mol. The van der Waals surface area contributed by atoms with Gasteiger partial charge < -0.3 is 5.73 Å². The molecule has 3 nitrogen and oxygen atoms in total. The van der Waals surface area contributed by atoms with Crippen molar-refractivity contribution in [1.29, 1.82) is 0 Å². The molecule has 0 aromatic carbocycles. The number of nitrogens with zero attached hydrogens (tertiary/aromatic N) is 1. The van der Waals surface area contributed by atoms with Crippen LogP contribution in [-0.4, -0.2) is 14.9 Å². The van der Waals surface area contributed by atoms with Crippen LogP contribution in [0.25, 0.3) is 0 Å². The van der Waals surface area contributed by atoms with Crippen LogP contribution in [0.4, 0.5) is 5.69 Å². The van der Waals surface area contributed by atoms with Gasteiger partial charge in [0.05, 0.1) is 27.6 Å². The minimum absolute atomic E-state index is 0.552. The van der Waals surface area contributed by atoms with Gasteiger partial charge in [0, 0.05) is 11.9 Å². The molecule has 4 heteroatoms. The summed E-state index contributed by atoms with van der Waals surface area (Å²) >= 11 is 0. The van der Waals surface area contributed by atoms with E-state index in [0.29, 0.717) is 11.6 Å². The first kappa shape index (κ1) is 11.6. The molecule has 16 heavy (non-hydrogen) atoms. The molecule has 1 saturated carbocycles. The fourth-order valence-electron chi connectivity index (χ4n) is 2.26. The van der Waals surface area contributed by atoms with Gasteiger partial charge in [-0.2, -0.15) is 0 Å². The second-order valence-electron chi connectivity index (χ2n) is 4.43. The normalized spacial score (nSPS) is 19.5. The third-order valence-electron chi connectivity index (χ3n) is 3.17. The van der Waals surface area contributed by atoms with Gasteiger partial charge in [0.15, 0.2) is 0 Å². The van der Waals surface area contributed by atoms with E-state index in [2.05, 4.69) is 4.98 Å². The number of hydrogen-bond acceptors (Lipinski definition) is 3. The van der Waals surface area contributed by atoms with E-state index in [1.165, 1.54) is 32.1 Å². The fourth-order valence-corrected chi connectivity index (χ4v) is 3.73. The number of aromatic nitrogens is 1. The van der Waals surface area contributed by atoms with Crippen molar-refractivity contribution >= 4 is 16.5 Å². The average molecular weight is 238 g/mol. The summed E-state index contributed by atoms with van der Waals surface area (Å²) in [4.78, 5) is 4.67. The molecule has 1 aromatic rings. The maximum absolute atomic E-state index is 12.1. The summed E-state index contributed by atoms with van der Waals surface area (Å²) in [6.45, 7) is 0. The van der Waals surface area contributed by atoms with E-state index in [-0.39, 0.29) is 0 Å². The lowest BCUT2D eigenvalue weighted by Crippen LogP contribution is -2.15. The predicted molar refractivity (Wildman–Crippen MR) is 66.5 cm³/mol. The largest absolute Gasteiger partial charge is 0.396 e. The van der Waals surface area contributed by atoms with Gasteiger partial charge in [-0.25, -0.2) is 0 Å². The molecule has 1 fully saturated rings. The Kier molecular flexibility index (Phi) is 3.93. The Bertz CT molecular complexity index is 375. The monoisotopic (exact) mass is 238 g/mol. The van der Waals surface area contributed by atoms with Crippen molar-refractivity contribution < 1.29 is 4.21 Å². The van der Waals surface area contributed by atoms with Crippen LogP contribution in [0.1, 0.15) is 32.1 Å². The zero-order valence-electron chi connectivity index (χ0n) is 9.39. The van der Waals surface area contributed by atoms with Crippen molar-refractivity contribution in [2.45, 2.75) is 37.0 Å². The molecule has 1 heterocycles. The van der Waals surface area contributed by atoms with Crippen molar-refractivity contribution in [3.8, 4) is 0 Å². The number of nitrogen functional groups attached to an aromatic ring is 1. The second-order valence-corrected chi connectivity index (χ2v) is 5.89. The van der Waals surface area contributed by atoms with Gasteiger partial charge >= 0.3 is 0 Å². The summed E-state index contributed by atoms with van der Waals surface area (Å²) in [6, 6.07) is 1.77. The third kappa shape index (κ3) is 2.82. The number of anilines is 1. The van der Waals surface area contributed by atoms with E-state index in [1.54, 1.807) is 18.5 Å². The Hall–Kier alpha value is -0.900. The maximum Gasteiger partial charge on any atom is 0.0664 e. The van der Waals surface area contributed by atoms with Gasteiger partial charge in [-0.1, -0.05) is 19.3 Å². The van der Waals surface area contributed by atoms with Crippen molar-refractivity contribution in [2.75, 3.05) is 11.5 Å². The van der Waals surface area contributed by atoms with Gasteiger partial charge in [0.25, 0.3) is 0 Å². The van der Waals surface area contributed by atoms with Crippen molar-refractivity contribution in [1.82, 2.24) is 4.98 Å². The summed E-state index contributed by atoms with van der Waals surface area (Å²) in [5.41, 5.74) is 6.32. The summed E-state index contributed by atoms with van der Waals surface area (Å²) < 4.78 is 12.1. The molecule has 1 unspecified atom stereocenters. The highest BCUT2D eigenvalue weighted by atomic mass is 32.2. The molecule has 0 bridgehead atoms. The van der Waals surface area contributed by atoms with Gasteiger partial charge in [0.2, 0.25) is 0 Å². The van der Waals surface area contributed by atoms with Crippen LogP contribution in [0.2, 0.25) is 0 Å². The number of rotatable bonds is 3. The Morgan fingerprint density at radius 2 is 2.12 bits per heavy atom. The SMILES string of the molecule is Nc1cnccc1S(=O)CC1CCCCC1. The maximum atomic E-state index is 12.1. The average Bonchev–Trinajstić information content (AvgIpc) is 2.31. The number of nitrogens with two attached hydrogens (primary N) is 1. The zero-order chi connectivity index (χ0) is 11.4. The van der Waals surface area contributed by atoms with Crippen LogP contribution < -0.4 is 5.73 Å². The molecule has 2 rings (SSSR count). The molecule has 1 aliphatic carbocycles. The first-order valence-electron chi connectivity index (χ1n) is 5.85. The van der Waals surface area contributed by atoms with E-state index in [9.17, 15) is 4.21 Å². The molecular formula is C12H18N2OS. The smallest absolute Gasteiger partial charge is 0.0664 e. The highest BCUT2D eigenvalue weighted by molar-refractivity contribution is 7.85. The first-order chi connectivity index (χ1) is 7.77. The standard InChI is InChI=1S/C12H18N2OS/c13-11-8-14-7-6-12(11)16(15)9-10-4-2-1-3-5-10/h6-8,10H,1-5,9,13H2. The zero-order valence-corrected chi connectivity index (χ0v) is 10.2. The summed E-state index contributed by atoms with van der Waals surface area (Å²) in [7, 11) is -0.958. The van der Waals surface area contributed by atoms with Gasteiger partial charge in [0.1, 0.15) is 0 Å². The van der Waals surface area contributed by atoms with Crippen LogP contribution in [0.3, 0.4) is 0 Å². The molecule has 0 saturated heterocycles. The Morgan fingerprint density at radius 3 is 2.81 bits per heavy atom. The van der Waals surface area contributed by atoms with Crippen LogP contribution >= 0.6 is 0 Å². The Balaban J connectivity index is 2.00. The molecule has 1 aliphatic rings. The Morgan fingerprint density at radius 1 is 1.38 bits per heavy atom. The second kappa shape index (κ2) is 5.43. The topological polar surface area (TPSA) is 56.0 Å². The van der Waals surface area contributed by atoms with Gasteiger partial charge in [-0.05, 0) is 24.8 Å². The minimum Gasteiger partial charge on any atom is -0.396 e. The Labute approximate surface area is 98.9 Å². The summed E-state index contributed by atoms with van der Waals surface area (Å²) in [6.07, 6.45) is 9.58. The summed E-state index contributed by atoms with van der Waals surface area (Å²) in [5, 5.41) is 0. The van der Waals surface area contributed by atoms with Crippen LogP contribution in [0.15, 0.2) is 23.4 Å². The van der Waals surface area contributed by atoms with Gasteiger partial charge in [-0.3, -0.25) is 9.19 Å². The summed E-state index contributed by atoms with van der Waals surface area (Å²) in [5.74, 6) is 1.37. The molecule has 1 aromatic heterocycles. The highest BCUT2D eigenvalue weighted by Crippen LogP contribution is 2.26. The van der Waals surface area contributed by atoms with Crippen LogP contribution in [-0.2, 0) is 10.8 Å². The number of hydrogen-bond donors (Lipinski definition) is 1. The third-order valence-corrected chi connectivity index (χ3v) is 4.80. The van der Waals surface area contributed by atoms with Crippen molar-refractivity contribution in [2.24, 2.45) is 5.92 Å². The quantitative estimate of drug-likeness (QED) is 0.879. The van der Waals surface area contributed by atoms with Crippen LogP contribution in [0, 0.1) is 5.92 Å². The molecule has 0 radical (unpaired) electrons. The lowest BCUT2D eigenvalue weighted by molar-refractivity contribution is 0.388. The van der Waals surface area contributed by atoms with Crippen LogP contribution in [0.5, 0.6) is 0 Å². The molecule has 88 valence electrons. The molecule has 2 N–H and O–H groups in total. The molecule has 0 aliphatic heterocycles. The van der Waals surface area contributed by atoms with E-state index < -0.39 is 10.8 Å². The van der Waals surface area contributed by atoms with Crippen molar-refractivity contribution in [3.63, 3.8) is 0 Å². The molecule has 0 spiro atoms.